The number of hydrogen-bond acceptors (Lipinski definition) is 3. The molecule has 0 aliphatic carbocycles. The maximum Gasteiger partial charge on any atom is 0.341 e. The molecule has 0 fully saturated rings. The molecule has 0 saturated heterocycles. The van der Waals surface area contributed by atoms with Crippen molar-refractivity contribution in [2.45, 2.75) is 33.8 Å². The fourth-order valence-corrected chi connectivity index (χ4v) is 1.58. The van der Waals surface area contributed by atoms with Crippen molar-refractivity contribution in [2.24, 2.45) is 0 Å². The van der Waals surface area contributed by atoms with Crippen LogP contribution in [0, 0.1) is 6.92 Å². The van der Waals surface area contributed by atoms with Gasteiger partial charge in [-0.15, -0.1) is 0 Å². The zero-order valence-electron chi connectivity index (χ0n) is 10.5. The zero-order valence-corrected chi connectivity index (χ0v) is 11.3. The van der Waals surface area contributed by atoms with Crippen LogP contribution in [0.2, 0.25) is 5.02 Å². The van der Waals surface area contributed by atoms with Gasteiger partial charge in [0.1, 0.15) is 5.56 Å². The number of ether oxygens (including phenoxy) is 2. The number of carbonyl (C=O) groups excluding carboxylic acids is 1. The van der Waals surface area contributed by atoms with Crippen LogP contribution in [0.4, 0.5) is 0 Å². The van der Waals surface area contributed by atoms with Crippen molar-refractivity contribution in [2.75, 3.05) is 6.61 Å². The molecule has 4 heteroatoms. The predicted octanol–water partition coefficient (Wildman–Crippen LogP) is 3.61. The molecule has 1 aromatic carbocycles. The Morgan fingerprint density at radius 3 is 2.59 bits per heavy atom. The second kappa shape index (κ2) is 5.92. The summed E-state index contributed by atoms with van der Waals surface area (Å²) >= 11 is 6.15. The summed E-state index contributed by atoms with van der Waals surface area (Å²) in [7, 11) is 0. The van der Waals surface area contributed by atoms with Gasteiger partial charge in [-0.1, -0.05) is 17.7 Å². The zero-order chi connectivity index (χ0) is 13.0. The highest BCUT2D eigenvalue weighted by molar-refractivity contribution is 6.33. The van der Waals surface area contributed by atoms with Crippen LogP contribution >= 0.6 is 11.6 Å². The summed E-state index contributed by atoms with van der Waals surface area (Å²) in [5, 5.41) is 0.462. The van der Waals surface area contributed by atoms with Crippen molar-refractivity contribution in [3.8, 4) is 5.75 Å². The summed E-state index contributed by atoms with van der Waals surface area (Å²) in [6.07, 6.45) is -0.0533. The molecule has 0 heterocycles. The molecule has 0 aromatic heterocycles. The molecule has 0 bridgehead atoms. The average molecular weight is 257 g/mol. The largest absolute Gasteiger partial charge is 0.489 e. The van der Waals surface area contributed by atoms with E-state index in [9.17, 15) is 4.79 Å². The molecule has 1 rings (SSSR count). The molecular weight excluding hydrogens is 240 g/mol. The molecule has 1 aromatic rings. The molecule has 0 amide bonds. The fraction of sp³-hybridized carbons (Fsp3) is 0.462. The summed E-state index contributed by atoms with van der Waals surface area (Å²) in [6, 6.07) is 3.46. The molecular formula is C13H17ClO3. The van der Waals surface area contributed by atoms with Crippen LogP contribution in [0.5, 0.6) is 5.75 Å². The van der Waals surface area contributed by atoms with Crippen molar-refractivity contribution >= 4 is 17.6 Å². The van der Waals surface area contributed by atoms with E-state index in [2.05, 4.69) is 0 Å². The van der Waals surface area contributed by atoms with E-state index in [4.69, 9.17) is 21.1 Å². The minimum atomic E-state index is -0.412. The lowest BCUT2D eigenvalue weighted by atomic mass is 10.1. The lowest BCUT2D eigenvalue weighted by Gasteiger charge is -2.16. The third kappa shape index (κ3) is 3.37. The molecule has 17 heavy (non-hydrogen) atoms. The summed E-state index contributed by atoms with van der Waals surface area (Å²) in [6.45, 7) is 7.72. The molecule has 0 N–H and O–H groups in total. The number of carbonyl (C=O) groups is 1. The smallest absolute Gasteiger partial charge is 0.341 e. The van der Waals surface area contributed by atoms with Crippen molar-refractivity contribution in [1.82, 2.24) is 0 Å². The van der Waals surface area contributed by atoms with Gasteiger partial charge in [0.15, 0.2) is 5.75 Å². The minimum absolute atomic E-state index is 0.0533. The molecule has 0 unspecified atom stereocenters. The monoisotopic (exact) mass is 256 g/mol. The Bertz CT molecular complexity index is 413. The van der Waals surface area contributed by atoms with E-state index in [1.54, 1.807) is 19.1 Å². The number of esters is 1. The normalized spacial score (nSPS) is 10.5. The predicted molar refractivity (Wildman–Crippen MR) is 67.9 cm³/mol. The van der Waals surface area contributed by atoms with Gasteiger partial charge in [-0.2, -0.15) is 0 Å². The maximum atomic E-state index is 11.7. The first-order valence-corrected chi connectivity index (χ1v) is 5.98. The maximum absolute atomic E-state index is 11.7. The van der Waals surface area contributed by atoms with E-state index in [-0.39, 0.29) is 6.10 Å². The molecule has 0 atom stereocenters. The molecule has 0 aliphatic heterocycles. The van der Waals surface area contributed by atoms with Crippen LogP contribution in [0.1, 0.15) is 36.7 Å². The summed E-state index contributed by atoms with van der Waals surface area (Å²) in [5.41, 5.74) is 1.24. The Kier molecular flexibility index (Phi) is 4.82. The first kappa shape index (κ1) is 13.8. The van der Waals surface area contributed by atoms with Gasteiger partial charge in [0.2, 0.25) is 0 Å². The van der Waals surface area contributed by atoms with Crippen LogP contribution in [-0.4, -0.2) is 18.7 Å². The van der Waals surface area contributed by atoms with Gasteiger partial charge in [-0.25, -0.2) is 4.79 Å². The Hall–Kier alpha value is -1.22. The highest BCUT2D eigenvalue weighted by Crippen LogP contribution is 2.33. The van der Waals surface area contributed by atoms with E-state index in [1.165, 1.54) is 0 Å². The summed E-state index contributed by atoms with van der Waals surface area (Å²) in [5.74, 6) is -0.00910. The van der Waals surface area contributed by atoms with Gasteiger partial charge in [-0.3, -0.25) is 0 Å². The van der Waals surface area contributed by atoms with E-state index < -0.39 is 5.97 Å². The molecule has 0 radical (unpaired) electrons. The topological polar surface area (TPSA) is 35.5 Å². The first-order chi connectivity index (χ1) is 7.97. The standard InChI is InChI=1S/C13H17ClO3/c1-5-16-13(15)10-7-6-9(4)11(14)12(10)17-8(2)3/h6-8H,5H2,1-4H3. The van der Waals surface area contributed by atoms with Gasteiger partial charge >= 0.3 is 5.97 Å². The lowest BCUT2D eigenvalue weighted by molar-refractivity contribution is 0.0520. The Morgan fingerprint density at radius 1 is 1.41 bits per heavy atom. The van der Waals surface area contributed by atoms with E-state index in [0.717, 1.165) is 5.56 Å². The highest BCUT2D eigenvalue weighted by atomic mass is 35.5. The Morgan fingerprint density at radius 2 is 2.06 bits per heavy atom. The van der Waals surface area contributed by atoms with Crippen LogP contribution < -0.4 is 4.74 Å². The molecule has 0 aliphatic rings. The minimum Gasteiger partial charge on any atom is -0.489 e. The summed E-state index contributed by atoms with van der Waals surface area (Å²) < 4.78 is 10.6. The van der Waals surface area contributed by atoms with Gasteiger partial charge in [0.25, 0.3) is 0 Å². The van der Waals surface area contributed by atoms with Gasteiger partial charge in [-0.05, 0) is 39.3 Å². The van der Waals surface area contributed by atoms with Gasteiger partial charge in [0.05, 0.1) is 17.7 Å². The van der Waals surface area contributed by atoms with E-state index >= 15 is 0 Å². The Labute approximate surface area is 107 Å². The van der Waals surface area contributed by atoms with E-state index in [0.29, 0.717) is 22.9 Å². The van der Waals surface area contributed by atoms with Crippen LogP contribution in [0.3, 0.4) is 0 Å². The first-order valence-electron chi connectivity index (χ1n) is 5.60. The van der Waals surface area contributed by atoms with E-state index in [1.807, 2.05) is 20.8 Å². The second-order valence-electron chi connectivity index (χ2n) is 3.96. The number of benzene rings is 1. The van der Waals surface area contributed by atoms with Gasteiger partial charge < -0.3 is 9.47 Å². The third-order valence-corrected chi connectivity index (χ3v) is 2.61. The number of aryl methyl sites for hydroxylation is 1. The van der Waals surface area contributed by atoms with Crippen LogP contribution in [0.15, 0.2) is 12.1 Å². The Balaban J connectivity index is 3.19. The molecule has 94 valence electrons. The number of rotatable bonds is 4. The summed E-state index contributed by atoms with van der Waals surface area (Å²) in [4.78, 5) is 11.7. The van der Waals surface area contributed by atoms with Crippen molar-refractivity contribution in [1.29, 1.82) is 0 Å². The molecule has 3 nitrogen and oxygen atoms in total. The van der Waals surface area contributed by atoms with Crippen LogP contribution in [-0.2, 0) is 4.74 Å². The lowest BCUT2D eigenvalue weighted by Crippen LogP contribution is -2.12. The van der Waals surface area contributed by atoms with Crippen molar-refractivity contribution in [3.05, 3.63) is 28.3 Å². The van der Waals surface area contributed by atoms with Crippen molar-refractivity contribution < 1.29 is 14.3 Å². The van der Waals surface area contributed by atoms with Crippen LogP contribution in [0.25, 0.3) is 0 Å². The molecule has 0 spiro atoms. The average Bonchev–Trinajstić information content (AvgIpc) is 2.24. The highest BCUT2D eigenvalue weighted by Gasteiger charge is 2.19. The third-order valence-electron chi connectivity index (χ3n) is 2.14. The molecule has 0 saturated carbocycles. The fourth-order valence-electron chi connectivity index (χ4n) is 1.38. The van der Waals surface area contributed by atoms with Gasteiger partial charge in [0, 0.05) is 0 Å². The number of hydrogen-bond donors (Lipinski definition) is 0. The van der Waals surface area contributed by atoms with Crippen molar-refractivity contribution in [3.63, 3.8) is 0 Å². The quantitative estimate of drug-likeness (QED) is 0.772. The SMILES string of the molecule is CCOC(=O)c1ccc(C)c(Cl)c1OC(C)C. The number of halogens is 1. The second-order valence-corrected chi connectivity index (χ2v) is 4.34.